The van der Waals surface area contributed by atoms with E-state index in [9.17, 15) is 4.79 Å². The van der Waals surface area contributed by atoms with Gasteiger partial charge in [0.25, 0.3) is 0 Å². The molecule has 98 valence electrons. The highest BCUT2D eigenvalue weighted by atomic mass is 16.5. The summed E-state index contributed by atoms with van der Waals surface area (Å²) < 4.78 is 5.46. The number of nitrogens with one attached hydrogen (secondary N) is 2. The first-order chi connectivity index (χ1) is 8.66. The Kier molecular flexibility index (Phi) is 4.20. The van der Waals surface area contributed by atoms with E-state index in [0.29, 0.717) is 6.54 Å². The third kappa shape index (κ3) is 3.23. The zero-order valence-corrected chi connectivity index (χ0v) is 11.0. The molecule has 0 aromatic heterocycles. The second kappa shape index (κ2) is 5.87. The van der Waals surface area contributed by atoms with E-state index in [0.717, 1.165) is 36.3 Å². The van der Waals surface area contributed by atoms with Crippen LogP contribution in [0.5, 0.6) is 0 Å². The van der Waals surface area contributed by atoms with Crippen molar-refractivity contribution in [1.29, 1.82) is 0 Å². The Labute approximate surface area is 108 Å². The van der Waals surface area contributed by atoms with Gasteiger partial charge >= 0.3 is 6.03 Å². The average Bonchev–Trinajstić information content (AvgIpc) is 2.84. The molecule has 0 saturated carbocycles. The fourth-order valence-electron chi connectivity index (χ4n) is 2.18. The minimum atomic E-state index is -0.164. The summed E-state index contributed by atoms with van der Waals surface area (Å²) in [5, 5.41) is 5.75. The Hall–Kier alpha value is -1.55. The first-order valence-corrected chi connectivity index (χ1v) is 6.39. The van der Waals surface area contributed by atoms with Gasteiger partial charge in [-0.3, -0.25) is 0 Å². The highest BCUT2D eigenvalue weighted by Gasteiger charge is 2.16. The van der Waals surface area contributed by atoms with Gasteiger partial charge in [-0.2, -0.15) is 0 Å². The van der Waals surface area contributed by atoms with E-state index in [1.807, 2.05) is 32.0 Å². The normalized spacial score (nSPS) is 18.7. The second-order valence-electron chi connectivity index (χ2n) is 4.74. The largest absolute Gasteiger partial charge is 0.376 e. The van der Waals surface area contributed by atoms with Gasteiger partial charge < -0.3 is 15.4 Å². The number of hydrogen-bond donors (Lipinski definition) is 2. The lowest BCUT2D eigenvalue weighted by Gasteiger charge is -2.14. The summed E-state index contributed by atoms with van der Waals surface area (Å²) in [6.45, 7) is 5.37. The summed E-state index contributed by atoms with van der Waals surface area (Å²) in [6, 6.07) is 5.80. The van der Waals surface area contributed by atoms with E-state index in [4.69, 9.17) is 4.74 Å². The predicted molar refractivity (Wildman–Crippen MR) is 71.9 cm³/mol. The minimum Gasteiger partial charge on any atom is -0.376 e. The third-order valence-electron chi connectivity index (χ3n) is 3.23. The van der Waals surface area contributed by atoms with Crippen LogP contribution in [0.2, 0.25) is 0 Å². The molecule has 1 aliphatic heterocycles. The summed E-state index contributed by atoms with van der Waals surface area (Å²) >= 11 is 0. The first kappa shape index (κ1) is 12.9. The SMILES string of the molecule is Cc1cccc(C)c1NC(=O)NCC1CCCO1. The van der Waals surface area contributed by atoms with Crippen LogP contribution in [0, 0.1) is 13.8 Å². The van der Waals surface area contributed by atoms with Crippen molar-refractivity contribution in [3.8, 4) is 0 Å². The maximum atomic E-state index is 11.8. The van der Waals surface area contributed by atoms with Crippen molar-refractivity contribution < 1.29 is 9.53 Å². The van der Waals surface area contributed by atoms with Crippen LogP contribution in [0.25, 0.3) is 0 Å². The van der Waals surface area contributed by atoms with Crippen LogP contribution in [-0.2, 0) is 4.74 Å². The van der Waals surface area contributed by atoms with Crippen LogP contribution < -0.4 is 10.6 Å². The summed E-state index contributed by atoms with van der Waals surface area (Å²) in [5.74, 6) is 0. The van der Waals surface area contributed by atoms with Crippen LogP contribution in [0.4, 0.5) is 10.5 Å². The fourth-order valence-corrected chi connectivity index (χ4v) is 2.18. The lowest BCUT2D eigenvalue weighted by atomic mass is 10.1. The van der Waals surface area contributed by atoms with Crippen LogP contribution in [0.15, 0.2) is 18.2 Å². The van der Waals surface area contributed by atoms with Gasteiger partial charge in [-0.05, 0) is 37.8 Å². The molecule has 1 aromatic rings. The number of carbonyl (C=O) groups is 1. The first-order valence-electron chi connectivity index (χ1n) is 6.39. The number of aryl methyl sites for hydroxylation is 2. The van der Waals surface area contributed by atoms with Crippen molar-refractivity contribution in [3.05, 3.63) is 29.3 Å². The highest BCUT2D eigenvalue weighted by Crippen LogP contribution is 2.19. The fraction of sp³-hybridized carbons (Fsp3) is 0.500. The Balaban J connectivity index is 1.86. The molecule has 2 amide bonds. The van der Waals surface area contributed by atoms with Crippen molar-refractivity contribution >= 4 is 11.7 Å². The van der Waals surface area contributed by atoms with E-state index in [-0.39, 0.29) is 12.1 Å². The molecule has 0 bridgehead atoms. The number of hydrogen-bond acceptors (Lipinski definition) is 2. The molecular formula is C14H20N2O2. The Morgan fingerprint density at radius 3 is 2.72 bits per heavy atom. The van der Waals surface area contributed by atoms with E-state index >= 15 is 0 Å². The quantitative estimate of drug-likeness (QED) is 0.864. The maximum Gasteiger partial charge on any atom is 0.319 e. The molecular weight excluding hydrogens is 228 g/mol. The van der Waals surface area contributed by atoms with E-state index in [1.54, 1.807) is 0 Å². The summed E-state index contributed by atoms with van der Waals surface area (Å²) in [6.07, 6.45) is 2.29. The Bertz CT molecular complexity index is 406. The van der Waals surface area contributed by atoms with E-state index in [1.165, 1.54) is 0 Å². The highest BCUT2D eigenvalue weighted by molar-refractivity contribution is 5.90. The van der Waals surface area contributed by atoms with Gasteiger partial charge in [0, 0.05) is 18.8 Å². The Morgan fingerprint density at radius 1 is 1.39 bits per heavy atom. The lowest BCUT2D eigenvalue weighted by molar-refractivity contribution is 0.112. The molecule has 1 aromatic carbocycles. The molecule has 1 fully saturated rings. The molecule has 2 N–H and O–H groups in total. The maximum absolute atomic E-state index is 11.8. The molecule has 1 atom stereocenters. The molecule has 0 radical (unpaired) electrons. The number of urea groups is 1. The monoisotopic (exact) mass is 248 g/mol. The molecule has 18 heavy (non-hydrogen) atoms. The number of amides is 2. The van der Waals surface area contributed by atoms with Gasteiger partial charge in [0.05, 0.1) is 6.10 Å². The Morgan fingerprint density at radius 2 is 2.11 bits per heavy atom. The van der Waals surface area contributed by atoms with Crippen molar-refractivity contribution in [2.24, 2.45) is 0 Å². The van der Waals surface area contributed by atoms with Gasteiger partial charge in [0.15, 0.2) is 0 Å². The van der Waals surface area contributed by atoms with Crippen molar-refractivity contribution in [3.63, 3.8) is 0 Å². The van der Waals surface area contributed by atoms with E-state index in [2.05, 4.69) is 10.6 Å². The summed E-state index contributed by atoms with van der Waals surface area (Å²) in [5.41, 5.74) is 3.03. The zero-order valence-electron chi connectivity index (χ0n) is 11.0. The topological polar surface area (TPSA) is 50.4 Å². The van der Waals surface area contributed by atoms with Gasteiger partial charge in [-0.15, -0.1) is 0 Å². The number of rotatable bonds is 3. The van der Waals surface area contributed by atoms with Crippen molar-refractivity contribution in [1.82, 2.24) is 5.32 Å². The number of benzene rings is 1. The molecule has 4 heteroatoms. The molecule has 1 aliphatic rings. The molecule has 1 saturated heterocycles. The average molecular weight is 248 g/mol. The van der Waals surface area contributed by atoms with Crippen LogP contribution in [-0.4, -0.2) is 25.3 Å². The van der Waals surface area contributed by atoms with Gasteiger partial charge in [-0.1, -0.05) is 18.2 Å². The van der Waals surface area contributed by atoms with Gasteiger partial charge in [0.1, 0.15) is 0 Å². The van der Waals surface area contributed by atoms with Crippen LogP contribution in [0.3, 0.4) is 0 Å². The summed E-state index contributed by atoms with van der Waals surface area (Å²) in [4.78, 5) is 11.8. The predicted octanol–water partition coefficient (Wildman–Crippen LogP) is 2.60. The minimum absolute atomic E-state index is 0.164. The second-order valence-corrected chi connectivity index (χ2v) is 4.74. The number of anilines is 1. The van der Waals surface area contributed by atoms with Gasteiger partial charge in [0.2, 0.25) is 0 Å². The van der Waals surface area contributed by atoms with Crippen molar-refractivity contribution in [2.75, 3.05) is 18.5 Å². The lowest BCUT2D eigenvalue weighted by Crippen LogP contribution is -2.35. The van der Waals surface area contributed by atoms with Crippen molar-refractivity contribution in [2.45, 2.75) is 32.8 Å². The summed E-state index contributed by atoms with van der Waals surface area (Å²) in [7, 11) is 0. The zero-order chi connectivity index (χ0) is 13.0. The number of ether oxygens (including phenoxy) is 1. The van der Waals surface area contributed by atoms with Crippen LogP contribution in [0.1, 0.15) is 24.0 Å². The number of para-hydroxylation sites is 1. The molecule has 4 nitrogen and oxygen atoms in total. The van der Waals surface area contributed by atoms with Gasteiger partial charge in [-0.25, -0.2) is 4.79 Å². The molecule has 1 unspecified atom stereocenters. The smallest absolute Gasteiger partial charge is 0.319 e. The molecule has 2 rings (SSSR count). The third-order valence-corrected chi connectivity index (χ3v) is 3.23. The van der Waals surface area contributed by atoms with Crippen LogP contribution >= 0.6 is 0 Å². The molecule has 0 aliphatic carbocycles. The molecule has 1 heterocycles. The molecule has 0 spiro atoms. The van der Waals surface area contributed by atoms with E-state index < -0.39 is 0 Å². The number of carbonyl (C=O) groups excluding carboxylic acids is 1. The standard InChI is InChI=1S/C14H20N2O2/c1-10-5-3-6-11(2)13(10)16-14(17)15-9-12-7-4-8-18-12/h3,5-6,12H,4,7-9H2,1-2H3,(H2,15,16,17).